The lowest BCUT2D eigenvalue weighted by molar-refractivity contribution is 0.611. The molecule has 6 nitrogen and oxygen atoms in total. The van der Waals surface area contributed by atoms with Crippen LogP contribution < -0.4 is 33.6 Å². The van der Waals surface area contributed by atoms with Gasteiger partial charge in [-0.3, -0.25) is 0 Å². The van der Waals surface area contributed by atoms with Gasteiger partial charge < -0.3 is 33.6 Å². The molecule has 0 fully saturated rings. The first-order chi connectivity index (χ1) is 9.83. The molecule has 0 aromatic heterocycles. The maximum Gasteiger partial charge on any atom is -0.00369 e. The van der Waals surface area contributed by atoms with Crippen molar-refractivity contribution in [2.75, 3.05) is 52.4 Å². The van der Waals surface area contributed by atoms with Crippen molar-refractivity contribution in [1.29, 1.82) is 0 Å². The Morgan fingerprint density at radius 1 is 0.400 bits per heavy atom. The van der Waals surface area contributed by atoms with Crippen LogP contribution in [0, 0.1) is 0 Å². The first-order valence-electron chi connectivity index (χ1n) is 8.05. The summed E-state index contributed by atoms with van der Waals surface area (Å²) in [4.78, 5) is 0. The highest BCUT2D eigenvalue weighted by Crippen LogP contribution is 1.82. The van der Waals surface area contributed by atoms with Gasteiger partial charge in [0.1, 0.15) is 0 Å². The predicted molar refractivity (Wildman–Crippen MR) is 89.7 cm³/mol. The molecule has 0 radical (unpaired) electrons. The summed E-state index contributed by atoms with van der Waals surface area (Å²) in [5, 5.41) is 6.57. The minimum absolute atomic E-state index is 0.782. The molecule has 0 rings (SSSR count). The van der Waals surface area contributed by atoms with E-state index in [1.165, 1.54) is 12.8 Å². The van der Waals surface area contributed by atoms with Crippen LogP contribution in [0.2, 0.25) is 0 Å². The lowest BCUT2D eigenvalue weighted by Crippen LogP contribution is -2.19. The van der Waals surface area contributed by atoms with E-state index in [1.807, 2.05) is 0 Å². The summed E-state index contributed by atoms with van der Waals surface area (Å²) < 4.78 is 0. The average Bonchev–Trinajstić information content (AvgIpc) is 2.47. The maximum absolute atomic E-state index is 5.32. The van der Waals surface area contributed by atoms with Gasteiger partial charge in [-0.25, -0.2) is 0 Å². The molecule has 0 aromatic carbocycles. The van der Waals surface area contributed by atoms with Crippen LogP contribution in [0.3, 0.4) is 0 Å². The van der Waals surface area contributed by atoms with E-state index in [2.05, 4.69) is 10.6 Å². The zero-order valence-electron chi connectivity index (χ0n) is 13.2. The van der Waals surface area contributed by atoms with Crippen LogP contribution in [0.4, 0.5) is 0 Å². The Kier molecular flexibility index (Phi) is 26.3. The van der Waals surface area contributed by atoms with Gasteiger partial charge in [-0.05, 0) is 90.9 Å². The zero-order valence-corrected chi connectivity index (χ0v) is 13.2. The Labute approximate surface area is 125 Å². The number of hydrogen-bond acceptors (Lipinski definition) is 6. The molecule has 0 bridgehead atoms. The van der Waals surface area contributed by atoms with E-state index in [4.69, 9.17) is 22.9 Å². The largest absolute Gasteiger partial charge is 0.330 e. The molecule has 0 unspecified atom stereocenters. The minimum Gasteiger partial charge on any atom is -0.330 e. The minimum atomic E-state index is 0.782. The van der Waals surface area contributed by atoms with Crippen molar-refractivity contribution >= 4 is 0 Å². The van der Waals surface area contributed by atoms with E-state index in [-0.39, 0.29) is 0 Å². The van der Waals surface area contributed by atoms with Gasteiger partial charge in [-0.1, -0.05) is 0 Å². The molecule has 6 heteroatoms. The van der Waals surface area contributed by atoms with Gasteiger partial charge >= 0.3 is 0 Å². The molecule has 0 spiro atoms. The van der Waals surface area contributed by atoms with E-state index >= 15 is 0 Å². The van der Waals surface area contributed by atoms with Crippen molar-refractivity contribution in [3.8, 4) is 0 Å². The predicted octanol–water partition coefficient (Wildman–Crippen LogP) is -0.673. The van der Waals surface area contributed by atoms with Crippen molar-refractivity contribution in [3.63, 3.8) is 0 Å². The number of hydrogen-bond donors (Lipinski definition) is 6. The molecule has 0 aliphatic rings. The topological polar surface area (TPSA) is 128 Å². The molecule has 20 heavy (non-hydrogen) atoms. The van der Waals surface area contributed by atoms with Crippen LogP contribution in [0.15, 0.2) is 0 Å². The molecule has 0 aromatic rings. The smallest absolute Gasteiger partial charge is 0.00369 e. The first kappa shape index (κ1) is 22.0. The fourth-order valence-corrected chi connectivity index (χ4v) is 1.49. The van der Waals surface area contributed by atoms with Gasteiger partial charge in [0.15, 0.2) is 0 Å². The van der Waals surface area contributed by atoms with Gasteiger partial charge in [-0.2, -0.15) is 0 Å². The Morgan fingerprint density at radius 2 is 0.700 bits per heavy atom. The number of nitrogens with one attached hydrogen (secondary N) is 2. The van der Waals surface area contributed by atoms with Crippen molar-refractivity contribution in [3.05, 3.63) is 0 Å². The summed E-state index contributed by atoms with van der Waals surface area (Å²) in [6.07, 6.45) is 6.75. The Balaban J connectivity index is 0. The summed E-state index contributed by atoms with van der Waals surface area (Å²) in [5.41, 5.74) is 21.3. The quantitative estimate of drug-likeness (QED) is 0.235. The van der Waals surface area contributed by atoms with Crippen LogP contribution in [0.1, 0.15) is 38.5 Å². The molecule has 0 heterocycles. The highest BCUT2D eigenvalue weighted by Gasteiger charge is 1.86. The summed E-state index contributed by atoms with van der Waals surface area (Å²) in [6.45, 7) is 7.42. The summed E-state index contributed by atoms with van der Waals surface area (Å²) in [7, 11) is 0. The fourth-order valence-electron chi connectivity index (χ4n) is 1.49. The van der Waals surface area contributed by atoms with E-state index in [0.29, 0.717) is 0 Å². The van der Waals surface area contributed by atoms with Gasteiger partial charge in [0, 0.05) is 0 Å². The second-order valence-corrected chi connectivity index (χ2v) is 4.78. The lowest BCUT2D eigenvalue weighted by Gasteiger charge is -2.01. The Hall–Kier alpha value is -0.240. The number of unbranched alkanes of at least 4 members (excludes halogenated alkanes) is 2. The second-order valence-electron chi connectivity index (χ2n) is 4.78. The fraction of sp³-hybridized carbons (Fsp3) is 1.00. The molecule has 0 amide bonds. The zero-order chi connectivity index (χ0) is 15.3. The second kappa shape index (κ2) is 23.8. The molecular formula is C14H38N6. The molecule has 0 saturated carbocycles. The van der Waals surface area contributed by atoms with Gasteiger partial charge in [0.2, 0.25) is 0 Å². The molecular weight excluding hydrogens is 252 g/mol. The summed E-state index contributed by atoms with van der Waals surface area (Å²) >= 11 is 0. The molecule has 0 aliphatic carbocycles. The molecule has 0 saturated heterocycles. The molecule has 10 N–H and O–H groups in total. The van der Waals surface area contributed by atoms with E-state index in [1.54, 1.807) is 0 Å². The summed E-state index contributed by atoms with van der Waals surface area (Å²) in [5.74, 6) is 0. The monoisotopic (exact) mass is 290 g/mol. The number of nitrogens with two attached hydrogens (primary N) is 4. The SMILES string of the molecule is NCCCCNCCCN.NCCCCNCCCN. The third kappa shape index (κ3) is 26.3. The maximum atomic E-state index is 5.32. The Morgan fingerprint density at radius 3 is 1.00 bits per heavy atom. The van der Waals surface area contributed by atoms with Crippen LogP contribution in [0.25, 0.3) is 0 Å². The van der Waals surface area contributed by atoms with E-state index in [0.717, 1.165) is 78.0 Å². The number of rotatable bonds is 14. The standard InChI is InChI=1S/2C7H19N3/c2*8-4-1-2-6-10-7-3-5-9/h2*10H,1-9H2. The summed E-state index contributed by atoms with van der Waals surface area (Å²) in [6, 6.07) is 0. The van der Waals surface area contributed by atoms with Crippen LogP contribution in [-0.2, 0) is 0 Å². The van der Waals surface area contributed by atoms with Gasteiger partial charge in [-0.15, -0.1) is 0 Å². The normalized spacial score (nSPS) is 10.2. The van der Waals surface area contributed by atoms with Crippen molar-refractivity contribution in [1.82, 2.24) is 10.6 Å². The average molecular weight is 291 g/mol. The third-order valence-corrected chi connectivity index (χ3v) is 2.73. The van der Waals surface area contributed by atoms with E-state index < -0.39 is 0 Å². The highest BCUT2D eigenvalue weighted by molar-refractivity contribution is 4.49. The molecule has 124 valence electrons. The Bertz CT molecular complexity index is 114. The van der Waals surface area contributed by atoms with Crippen LogP contribution in [0.5, 0.6) is 0 Å². The van der Waals surface area contributed by atoms with Crippen molar-refractivity contribution in [2.45, 2.75) is 38.5 Å². The van der Waals surface area contributed by atoms with E-state index in [9.17, 15) is 0 Å². The third-order valence-electron chi connectivity index (χ3n) is 2.73. The van der Waals surface area contributed by atoms with Gasteiger partial charge in [0.25, 0.3) is 0 Å². The van der Waals surface area contributed by atoms with Crippen LogP contribution >= 0.6 is 0 Å². The van der Waals surface area contributed by atoms with Crippen molar-refractivity contribution in [2.24, 2.45) is 22.9 Å². The highest BCUT2D eigenvalue weighted by atomic mass is 14.8. The first-order valence-corrected chi connectivity index (χ1v) is 8.05. The molecule has 0 atom stereocenters. The lowest BCUT2D eigenvalue weighted by atomic mass is 10.3. The van der Waals surface area contributed by atoms with Crippen molar-refractivity contribution < 1.29 is 0 Å². The molecule has 0 aliphatic heterocycles. The van der Waals surface area contributed by atoms with Crippen LogP contribution in [-0.4, -0.2) is 52.4 Å². The van der Waals surface area contributed by atoms with Gasteiger partial charge in [0.05, 0.1) is 0 Å².